The highest BCUT2D eigenvalue weighted by molar-refractivity contribution is 7.87. The summed E-state index contributed by atoms with van der Waals surface area (Å²) in [4.78, 5) is 11.2. The lowest BCUT2D eigenvalue weighted by atomic mass is 9.86. The van der Waals surface area contributed by atoms with Crippen LogP contribution in [0.1, 0.15) is 6.92 Å². The fourth-order valence-corrected chi connectivity index (χ4v) is 4.70. The van der Waals surface area contributed by atoms with E-state index in [2.05, 4.69) is 6.58 Å². The summed E-state index contributed by atoms with van der Waals surface area (Å²) in [5.41, 5.74) is 0. The van der Waals surface area contributed by atoms with Crippen LogP contribution in [0.2, 0.25) is 0 Å². The zero-order chi connectivity index (χ0) is 12.4. The molecule has 3 heterocycles. The fourth-order valence-electron chi connectivity index (χ4n) is 2.89. The summed E-state index contributed by atoms with van der Waals surface area (Å²) in [7, 11) is -3.70. The Bertz CT molecular complexity index is 483. The van der Waals surface area contributed by atoms with E-state index in [1.807, 2.05) is 6.92 Å². The highest BCUT2D eigenvalue weighted by atomic mass is 32.2. The van der Waals surface area contributed by atoms with Crippen molar-refractivity contribution in [3.8, 4) is 0 Å². The van der Waals surface area contributed by atoms with Crippen molar-refractivity contribution in [3.05, 3.63) is 12.7 Å². The molecule has 0 N–H and O–H groups in total. The van der Waals surface area contributed by atoms with Gasteiger partial charge in [-0.15, -0.1) is 0 Å². The predicted octanol–water partition coefficient (Wildman–Crippen LogP) is -0.401. The van der Waals surface area contributed by atoms with Crippen molar-refractivity contribution in [2.45, 2.75) is 36.6 Å². The van der Waals surface area contributed by atoms with Crippen LogP contribution >= 0.6 is 0 Å². The van der Waals surface area contributed by atoms with E-state index in [-0.39, 0.29) is 5.92 Å². The number of rotatable bonds is 2. The summed E-state index contributed by atoms with van der Waals surface area (Å²) in [6.07, 6.45) is -1.13. The first-order valence-corrected chi connectivity index (χ1v) is 6.83. The highest BCUT2D eigenvalue weighted by Gasteiger charge is 2.70. The Morgan fingerprint density at radius 2 is 2.06 bits per heavy atom. The van der Waals surface area contributed by atoms with Gasteiger partial charge in [-0.3, -0.25) is 4.18 Å². The zero-order valence-corrected chi connectivity index (χ0v) is 9.92. The first-order chi connectivity index (χ1) is 7.95. The standard InChI is InChI=1S/C10H12O6S/c1-3-5(11)14-8-6-4(2)7-9(15-6)10(8)17(12,13)16-7/h3-4,6-10H,1H2,2H3. The minimum absolute atomic E-state index is 0.101. The molecule has 0 saturated carbocycles. The molecule has 2 bridgehead atoms. The molecule has 7 heteroatoms. The summed E-state index contributed by atoms with van der Waals surface area (Å²) in [6, 6.07) is 0. The van der Waals surface area contributed by atoms with E-state index in [1.165, 1.54) is 0 Å². The molecule has 3 saturated heterocycles. The van der Waals surface area contributed by atoms with Crippen molar-refractivity contribution in [3.63, 3.8) is 0 Å². The lowest BCUT2D eigenvalue weighted by Gasteiger charge is -2.25. The third-order valence-corrected chi connectivity index (χ3v) is 5.34. The van der Waals surface area contributed by atoms with Gasteiger partial charge in [0.15, 0.2) is 11.4 Å². The van der Waals surface area contributed by atoms with Gasteiger partial charge in [0.2, 0.25) is 0 Å². The number of ether oxygens (including phenoxy) is 2. The van der Waals surface area contributed by atoms with E-state index in [1.54, 1.807) is 0 Å². The van der Waals surface area contributed by atoms with Crippen LogP contribution in [0.3, 0.4) is 0 Å². The first-order valence-electron chi connectivity index (χ1n) is 5.36. The number of hydrogen-bond acceptors (Lipinski definition) is 6. The van der Waals surface area contributed by atoms with Crippen LogP contribution in [0.25, 0.3) is 0 Å². The third kappa shape index (κ3) is 1.33. The SMILES string of the molecule is C=CC(=O)OC1C2OC3C(OS(=O)(=O)C13)C2C. The topological polar surface area (TPSA) is 78.9 Å². The molecule has 0 radical (unpaired) electrons. The Kier molecular flexibility index (Phi) is 2.17. The van der Waals surface area contributed by atoms with Crippen molar-refractivity contribution in [1.29, 1.82) is 0 Å². The molecule has 6 atom stereocenters. The average Bonchev–Trinajstić information content (AvgIpc) is 2.82. The second-order valence-corrected chi connectivity index (χ2v) is 6.27. The Morgan fingerprint density at radius 3 is 2.71 bits per heavy atom. The molecular formula is C10H12O6S. The first kappa shape index (κ1) is 11.2. The van der Waals surface area contributed by atoms with E-state index in [0.29, 0.717) is 0 Å². The van der Waals surface area contributed by atoms with Crippen LogP contribution in [0.5, 0.6) is 0 Å². The quantitative estimate of drug-likeness (QED) is 0.382. The minimum Gasteiger partial charge on any atom is -0.455 e. The van der Waals surface area contributed by atoms with Gasteiger partial charge in [0.1, 0.15) is 18.3 Å². The average molecular weight is 260 g/mol. The van der Waals surface area contributed by atoms with Crippen LogP contribution in [0, 0.1) is 5.92 Å². The van der Waals surface area contributed by atoms with Crippen LogP contribution in [-0.4, -0.2) is 44.1 Å². The predicted molar refractivity (Wildman–Crippen MR) is 55.5 cm³/mol. The summed E-state index contributed by atoms with van der Waals surface area (Å²) >= 11 is 0. The van der Waals surface area contributed by atoms with E-state index in [4.69, 9.17) is 13.7 Å². The molecule has 0 aliphatic carbocycles. The molecule has 3 aliphatic rings. The molecular weight excluding hydrogens is 248 g/mol. The Labute approximate surface area is 98.7 Å². The van der Waals surface area contributed by atoms with Gasteiger partial charge in [-0.25, -0.2) is 4.79 Å². The summed E-state index contributed by atoms with van der Waals surface area (Å²) < 4.78 is 39.2. The largest absolute Gasteiger partial charge is 0.455 e. The van der Waals surface area contributed by atoms with E-state index in [0.717, 1.165) is 6.08 Å². The van der Waals surface area contributed by atoms with Gasteiger partial charge >= 0.3 is 5.97 Å². The monoisotopic (exact) mass is 260 g/mol. The Hall–Kier alpha value is -0.920. The van der Waals surface area contributed by atoms with Crippen LogP contribution in [0.15, 0.2) is 12.7 Å². The van der Waals surface area contributed by atoms with Gasteiger partial charge in [-0.05, 0) is 0 Å². The van der Waals surface area contributed by atoms with Crippen molar-refractivity contribution >= 4 is 16.1 Å². The molecule has 3 rings (SSSR count). The normalized spacial score (nSPS) is 49.2. The number of esters is 1. The number of carbonyl (C=O) groups excluding carboxylic acids is 1. The second kappa shape index (κ2) is 3.30. The molecule has 94 valence electrons. The molecule has 0 spiro atoms. The molecule has 6 nitrogen and oxygen atoms in total. The number of carbonyl (C=O) groups is 1. The number of hydrogen-bond donors (Lipinski definition) is 0. The van der Waals surface area contributed by atoms with Gasteiger partial charge in [0.25, 0.3) is 10.1 Å². The zero-order valence-electron chi connectivity index (χ0n) is 9.11. The Balaban J connectivity index is 1.96. The van der Waals surface area contributed by atoms with Crippen LogP contribution in [0.4, 0.5) is 0 Å². The maximum atomic E-state index is 11.8. The number of fused-ring (bicyclic) bond motifs is 1. The lowest BCUT2D eigenvalue weighted by Crippen LogP contribution is -2.46. The smallest absolute Gasteiger partial charge is 0.330 e. The highest BCUT2D eigenvalue weighted by Crippen LogP contribution is 2.50. The summed E-state index contributed by atoms with van der Waals surface area (Å²) in [6.45, 7) is 5.12. The minimum atomic E-state index is -3.70. The van der Waals surface area contributed by atoms with E-state index >= 15 is 0 Å². The summed E-state index contributed by atoms with van der Waals surface area (Å²) in [5.74, 6) is -0.742. The van der Waals surface area contributed by atoms with Crippen LogP contribution in [-0.2, 0) is 28.6 Å². The van der Waals surface area contributed by atoms with Gasteiger partial charge in [0, 0.05) is 12.0 Å². The van der Waals surface area contributed by atoms with Gasteiger partial charge in [0.05, 0.1) is 0 Å². The Morgan fingerprint density at radius 1 is 1.35 bits per heavy atom. The van der Waals surface area contributed by atoms with Crippen molar-refractivity contribution in [1.82, 2.24) is 0 Å². The van der Waals surface area contributed by atoms with Gasteiger partial charge in [-0.2, -0.15) is 8.42 Å². The molecule has 6 unspecified atom stereocenters. The molecule has 0 aromatic rings. The maximum absolute atomic E-state index is 11.8. The van der Waals surface area contributed by atoms with E-state index < -0.39 is 45.8 Å². The molecule has 0 aromatic heterocycles. The molecule has 17 heavy (non-hydrogen) atoms. The third-order valence-electron chi connectivity index (χ3n) is 3.64. The molecule has 0 aromatic carbocycles. The van der Waals surface area contributed by atoms with Crippen molar-refractivity contribution in [2.75, 3.05) is 0 Å². The maximum Gasteiger partial charge on any atom is 0.330 e. The van der Waals surface area contributed by atoms with Crippen molar-refractivity contribution < 1.29 is 26.9 Å². The summed E-state index contributed by atoms with van der Waals surface area (Å²) in [5, 5.41) is -0.891. The second-order valence-electron chi connectivity index (χ2n) is 4.55. The molecule has 3 aliphatic heterocycles. The van der Waals surface area contributed by atoms with Gasteiger partial charge in [-0.1, -0.05) is 13.5 Å². The van der Waals surface area contributed by atoms with Gasteiger partial charge < -0.3 is 9.47 Å². The molecule has 0 amide bonds. The lowest BCUT2D eigenvalue weighted by molar-refractivity contribution is -0.146. The van der Waals surface area contributed by atoms with E-state index in [9.17, 15) is 13.2 Å². The fraction of sp³-hybridized carbons (Fsp3) is 0.700. The van der Waals surface area contributed by atoms with Crippen molar-refractivity contribution in [2.24, 2.45) is 5.92 Å². The molecule has 3 fully saturated rings. The van der Waals surface area contributed by atoms with Crippen LogP contribution < -0.4 is 0 Å².